The summed E-state index contributed by atoms with van der Waals surface area (Å²) in [7, 11) is -6.30. The molecule has 6 nitrogen and oxygen atoms in total. The molecule has 2 N–H and O–H groups in total. The summed E-state index contributed by atoms with van der Waals surface area (Å²) in [5, 5.41) is 0. The van der Waals surface area contributed by atoms with E-state index in [0.29, 0.717) is 0 Å². The van der Waals surface area contributed by atoms with Crippen LogP contribution in [0.3, 0.4) is 0 Å². The lowest BCUT2D eigenvalue weighted by atomic mass is 10.0. The third-order valence-corrected chi connectivity index (χ3v) is 6.63. The molecule has 0 heterocycles. The zero-order valence-corrected chi connectivity index (χ0v) is 15.3. The minimum Gasteiger partial charge on any atom is -0.214 e. The van der Waals surface area contributed by atoms with Gasteiger partial charge in [-0.05, 0) is 50.2 Å². The molecule has 0 aliphatic carbocycles. The highest BCUT2D eigenvalue weighted by Crippen LogP contribution is 2.21. The van der Waals surface area contributed by atoms with Crippen molar-refractivity contribution in [2.45, 2.75) is 29.7 Å². The van der Waals surface area contributed by atoms with Crippen LogP contribution in [0.2, 0.25) is 0 Å². The third kappa shape index (κ3) is 4.02. The number of nitrogens with one attached hydrogen (secondary N) is 2. The van der Waals surface area contributed by atoms with Crippen LogP contribution in [0.5, 0.6) is 0 Å². The number of hydrogen-bond donors (Lipinski definition) is 2. The second-order valence-corrected chi connectivity index (χ2v) is 8.98. The molecule has 2 aromatic rings. The molecule has 0 aliphatic rings. The van der Waals surface area contributed by atoms with Crippen molar-refractivity contribution in [3.63, 3.8) is 0 Å². The molecule has 2 rings (SSSR count). The van der Waals surface area contributed by atoms with Gasteiger partial charge in [-0.15, -0.1) is 0 Å². The van der Waals surface area contributed by atoms with Gasteiger partial charge in [-0.2, -0.15) is 0 Å². The third-order valence-electron chi connectivity index (χ3n) is 3.68. The SMILES string of the molecule is CNS(=O)(=O)c1cccc(S(=O)(=O)N[C@H](C)c2ccccc2C)c1. The molecule has 0 fully saturated rings. The van der Waals surface area contributed by atoms with Gasteiger partial charge in [0.1, 0.15) is 0 Å². The number of hydrogen-bond acceptors (Lipinski definition) is 4. The standard InChI is InChI=1S/C16H20N2O4S2/c1-12-7-4-5-10-16(12)13(2)18-24(21,22)15-9-6-8-14(11-15)23(19,20)17-3/h4-11,13,17-18H,1-3H3/t13-/m1/s1. The van der Waals surface area contributed by atoms with Crippen LogP contribution in [-0.2, 0) is 20.0 Å². The van der Waals surface area contributed by atoms with Gasteiger partial charge in [0, 0.05) is 6.04 Å². The van der Waals surface area contributed by atoms with Crippen molar-refractivity contribution < 1.29 is 16.8 Å². The zero-order valence-electron chi connectivity index (χ0n) is 13.6. The summed E-state index contributed by atoms with van der Waals surface area (Å²) in [6, 6.07) is 12.3. The first-order valence-electron chi connectivity index (χ1n) is 7.29. The van der Waals surface area contributed by atoms with Gasteiger partial charge in [0.15, 0.2) is 0 Å². The van der Waals surface area contributed by atoms with E-state index < -0.39 is 26.1 Å². The van der Waals surface area contributed by atoms with E-state index in [-0.39, 0.29) is 9.79 Å². The van der Waals surface area contributed by atoms with Crippen LogP contribution in [0.15, 0.2) is 58.3 Å². The number of rotatable bonds is 6. The van der Waals surface area contributed by atoms with Gasteiger partial charge in [0.2, 0.25) is 20.0 Å². The number of aryl methyl sites for hydroxylation is 1. The molecule has 8 heteroatoms. The van der Waals surface area contributed by atoms with E-state index >= 15 is 0 Å². The molecule has 1 atom stereocenters. The quantitative estimate of drug-likeness (QED) is 0.815. The van der Waals surface area contributed by atoms with E-state index in [9.17, 15) is 16.8 Å². The van der Waals surface area contributed by atoms with Crippen LogP contribution in [0.25, 0.3) is 0 Å². The van der Waals surface area contributed by atoms with E-state index in [2.05, 4.69) is 9.44 Å². The Labute approximate surface area is 143 Å². The zero-order chi connectivity index (χ0) is 18.0. The van der Waals surface area contributed by atoms with Crippen LogP contribution >= 0.6 is 0 Å². The Bertz CT molecular complexity index is 938. The fourth-order valence-corrected chi connectivity index (χ4v) is 4.48. The number of benzene rings is 2. The normalized spacial score (nSPS) is 13.6. The van der Waals surface area contributed by atoms with Crippen molar-refractivity contribution in [3.05, 3.63) is 59.7 Å². The molecule has 0 spiro atoms. The highest BCUT2D eigenvalue weighted by Gasteiger charge is 2.21. The molecule has 0 amide bonds. The molecule has 0 aliphatic heterocycles. The topological polar surface area (TPSA) is 92.3 Å². The van der Waals surface area contributed by atoms with Crippen LogP contribution < -0.4 is 9.44 Å². The maximum atomic E-state index is 12.6. The van der Waals surface area contributed by atoms with Gasteiger partial charge in [-0.3, -0.25) is 0 Å². The average molecular weight is 368 g/mol. The van der Waals surface area contributed by atoms with E-state index in [1.54, 1.807) is 6.92 Å². The minimum atomic E-state index is -3.86. The predicted octanol–water partition coefficient (Wildman–Crippen LogP) is 1.94. The first-order chi connectivity index (χ1) is 11.2. The summed E-state index contributed by atoms with van der Waals surface area (Å²) < 4.78 is 53.6. The highest BCUT2D eigenvalue weighted by atomic mass is 32.2. The van der Waals surface area contributed by atoms with E-state index in [4.69, 9.17) is 0 Å². The lowest BCUT2D eigenvalue weighted by Gasteiger charge is -2.17. The van der Waals surface area contributed by atoms with E-state index in [1.807, 2.05) is 31.2 Å². The highest BCUT2D eigenvalue weighted by molar-refractivity contribution is 7.90. The van der Waals surface area contributed by atoms with Gasteiger partial charge >= 0.3 is 0 Å². The van der Waals surface area contributed by atoms with Gasteiger partial charge in [0.25, 0.3) is 0 Å². The Kier molecular flexibility index (Phi) is 5.44. The lowest BCUT2D eigenvalue weighted by molar-refractivity contribution is 0.566. The molecule has 0 saturated heterocycles. The van der Waals surface area contributed by atoms with E-state index in [1.165, 1.54) is 25.2 Å². The molecule has 130 valence electrons. The molecule has 24 heavy (non-hydrogen) atoms. The largest absolute Gasteiger partial charge is 0.241 e. The van der Waals surface area contributed by atoms with Gasteiger partial charge in [-0.1, -0.05) is 30.3 Å². The summed E-state index contributed by atoms with van der Waals surface area (Å²) in [6.07, 6.45) is 0. The second kappa shape index (κ2) is 7.02. The summed E-state index contributed by atoms with van der Waals surface area (Å²) >= 11 is 0. The molecule has 0 bridgehead atoms. The van der Waals surface area contributed by atoms with Crippen molar-refractivity contribution >= 4 is 20.0 Å². The summed E-state index contributed by atoms with van der Waals surface area (Å²) in [6.45, 7) is 3.65. The van der Waals surface area contributed by atoms with Crippen LogP contribution in [0.1, 0.15) is 24.1 Å². The first kappa shape index (κ1) is 18.6. The van der Waals surface area contributed by atoms with Crippen LogP contribution in [-0.4, -0.2) is 23.9 Å². The summed E-state index contributed by atoms with van der Waals surface area (Å²) in [5.41, 5.74) is 1.83. The fraction of sp³-hybridized carbons (Fsp3) is 0.250. The van der Waals surface area contributed by atoms with Crippen molar-refractivity contribution in [2.75, 3.05) is 7.05 Å². The Morgan fingerprint density at radius 2 is 1.46 bits per heavy atom. The molecule has 0 radical (unpaired) electrons. The van der Waals surface area contributed by atoms with Crippen molar-refractivity contribution in [1.82, 2.24) is 9.44 Å². The van der Waals surface area contributed by atoms with Crippen LogP contribution in [0.4, 0.5) is 0 Å². The minimum absolute atomic E-state index is 0.0979. The van der Waals surface area contributed by atoms with Crippen molar-refractivity contribution in [1.29, 1.82) is 0 Å². The Balaban J connectivity index is 2.35. The molecule has 2 aromatic carbocycles. The maximum Gasteiger partial charge on any atom is 0.241 e. The predicted molar refractivity (Wildman–Crippen MR) is 92.6 cm³/mol. The van der Waals surface area contributed by atoms with E-state index in [0.717, 1.165) is 17.2 Å². The Hall–Kier alpha value is -1.74. The summed E-state index contributed by atoms with van der Waals surface area (Å²) in [4.78, 5) is -0.198. The van der Waals surface area contributed by atoms with Gasteiger partial charge < -0.3 is 0 Å². The molecular weight excluding hydrogens is 348 g/mol. The average Bonchev–Trinajstić information content (AvgIpc) is 2.55. The Morgan fingerprint density at radius 1 is 0.875 bits per heavy atom. The first-order valence-corrected chi connectivity index (χ1v) is 10.3. The van der Waals surface area contributed by atoms with Crippen LogP contribution in [0, 0.1) is 6.92 Å². The van der Waals surface area contributed by atoms with Crippen molar-refractivity contribution in [3.8, 4) is 0 Å². The smallest absolute Gasteiger partial charge is 0.214 e. The number of sulfonamides is 2. The monoisotopic (exact) mass is 368 g/mol. The fourth-order valence-electron chi connectivity index (χ4n) is 2.36. The van der Waals surface area contributed by atoms with Gasteiger partial charge in [0.05, 0.1) is 9.79 Å². The Morgan fingerprint density at radius 3 is 2.04 bits per heavy atom. The van der Waals surface area contributed by atoms with Crippen molar-refractivity contribution in [2.24, 2.45) is 0 Å². The van der Waals surface area contributed by atoms with Gasteiger partial charge in [-0.25, -0.2) is 26.3 Å². The molecule has 0 saturated carbocycles. The maximum absolute atomic E-state index is 12.6. The molecule has 0 aromatic heterocycles. The second-order valence-electron chi connectivity index (χ2n) is 5.38. The lowest BCUT2D eigenvalue weighted by Crippen LogP contribution is -2.27. The summed E-state index contributed by atoms with van der Waals surface area (Å²) in [5.74, 6) is 0. The molecular formula is C16H20N2O4S2. The molecule has 0 unspecified atom stereocenters.